The molecule has 11 heavy (non-hydrogen) atoms. The van der Waals surface area contributed by atoms with Crippen LogP contribution in [0.2, 0.25) is 0 Å². The summed E-state index contributed by atoms with van der Waals surface area (Å²) in [4.78, 5) is 0. The normalized spacial score (nSPS) is 35.5. The van der Waals surface area contributed by atoms with Gasteiger partial charge < -0.3 is 9.47 Å². The summed E-state index contributed by atoms with van der Waals surface area (Å²) in [6.45, 7) is 7.55. The molecule has 64 valence electrons. The SMILES string of the molecule is C=C[C@H]1OC(C)(C)O[C@H]1CI. The van der Waals surface area contributed by atoms with Crippen LogP contribution in [0.3, 0.4) is 0 Å². The van der Waals surface area contributed by atoms with Crippen LogP contribution >= 0.6 is 22.6 Å². The molecule has 1 saturated heterocycles. The van der Waals surface area contributed by atoms with Crippen LogP contribution in [0.15, 0.2) is 12.7 Å². The summed E-state index contributed by atoms with van der Waals surface area (Å²) in [5.74, 6) is -0.436. The zero-order valence-electron chi connectivity index (χ0n) is 6.84. The Kier molecular flexibility index (Phi) is 2.94. The molecule has 2 nitrogen and oxygen atoms in total. The molecule has 3 heteroatoms. The Bertz CT molecular complexity index is 156. The quantitative estimate of drug-likeness (QED) is 0.434. The molecule has 0 amide bonds. The van der Waals surface area contributed by atoms with Gasteiger partial charge in [0.2, 0.25) is 0 Å². The molecule has 0 spiro atoms. The van der Waals surface area contributed by atoms with Crippen molar-refractivity contribution in [3.05, 3.63) is 12.7 Å². The lowest BCUT2D eigenvalue weighted by Crippen LogP contribution is -2.22. The first-order valence-corrected chi connectivity index (χ1v) is 5.16. The van der Waals surface area contributed by atoms with Crippen molar-refractivity contribution in [3.8, 4) is 0 Å². The van der Waals surface area contributed by atoms with Gasteiger partial charge in [-0.3, -0.25) is 0 Å². The topological polar surface area (TPSA) is 18.5 Å². The van der Waals surface area contributed by atoms with E-state index in [1.54, 1.807) is 6.08 Å². The predicted octanol–water partition coefficient (Wildman–Crippen LogP) is 2.13. The summed E-state index contributed by atoms with van der Waals surface area (Å²) in [5.41, 5.74) is 0. The third-order valence-corrected chi connectivity index (χ3v) is 2.47. The summed E-state index contributed by atoms with van der Waals surface area (Å²) in [7, 11) is 0. The van der Waals surface area contributed by atoms with E-state index in [-0.39, 0.29) is 12.2 Å². The van der Waals surface area contributed by atoms with Crippen molar-refractivity contribution in [2.75, 3.05) is 4.43 Å². The average molecular weight is 268 g/mol. The van der Waals surface area contributed by atoms with Gasteiger partial charge in [0.05, 0.1) is 6.10 Å². The maximum atomic E-state index is 5.60. The van der Waals surface area contributed by atoms with Crippen LogP contribution in [0.25, 0.3) is 0 Å². The molecule has 1 rings (SSSR count). The molecule has 0 aromatic carbocycles. The molecule has 0 bridgehead atoms. The fourth-order valence-corrected chi connectivity index (χ4v) is 1.86. The fraction of sp³-hybridized carbons (Fsp3) is 0.750. The van der Waals surface area contributed by atoms with Crippen LogP contribution in [0, 0.1) is 0 Å². The van der Waals surface area contributed by atoms with E-state index < -0.39 is 5.79 Å². The minimum Gasteiger partial charge on any atom is -0.343 e. The van der Waals surface area contributed by atoms with E-state index >= 15 is 0 Å². The highest BCUT2D eigenvalue weighted by molar-refractivity contribution is 14.1. The van der Waals surface area contributed by atoms with Gasteiger partial charge in [0.15, 0.2) is 5.79 Å². The summed E-state index contributed by atoms with van der Waals surface area (Å²) < 4.78 is 12.1. The second kappa shape index (κ2) is 3.41. The molecule has 0 unspecified atom stereocenters. The molecule has 0 aliphatic carbocycles. The van der Waals surface area contributed by atoms with E-state index in [9.17, 15) is 0 Å². The van der Waals surface area contributed by atoms with Gasteiger partial charge in [-0.1, -0.05) is 28.7 Å². The van der Waals surface area contributed by atoms with Crippen molar-refractivity contribution < 1.29 is 9.47 Å². The van der Waals surface area contributed by atoms with E-state index in [1.165, 1.54) is 0 Å². The second-order valence-corrected chi connectivity index (χ2v) is 3.91. The lowest BCUT2D eigenvalue weighted by molar-refractivity contribution is -0.140. The number of rotatable bonds is 2. The van der Waals surface area contributed by atoms with Gasteiger partial charge >= 0.3 is 0 Å². The number of hydrogen-bond acceptors (Lipinski definition) is 2. The number of alkyl halides is 1. The molecule has 0 N–H and O–H groups in total. The fourth-order valence-electron chi connectivity index (χ4n) is 1.18. The van der Waals surface area contributed by atoms with E-state index in [4.69, 9.17) is 9.47 Å². The van der Waals surface area contributed by atoms with Crippen molar-refractivity contribution in [1.82, 2.24) is 0 Å². The molecule has 0 aromatic rings. The van der Waals surface area contributed by atoms with Crippen LogP contribution in [0.5, 0.6) is 0 Å². The molecule has 1 aliphatic rings. The first-order chi connectivity index (χ1) is 5.09. The molecule has 2 atom stereocenters. The third-order valence-electron chi connectivity index (χ3n) is 1.61. The maximum absolute atomic E-state index is 5.60. The van der Waals surface area contributed by atoms with Crippen LogP contribution in [-0.4, -0.2) is 22.4 Å². The molecular weight excluding hydrogens is 255 g/mol. The van der Waals surface area contributed by atoms with Crippen LogP contribution in [0.4, 0.5) is 0 Å². The van der Waals surface area contributed by atoms with Crippen molar-refractivity contribution in [2.24, 2.45) is 0 Å². The Hall–Kier alpha value is 0.390. The number of hydrogen-bond donors (Lipinski definition) is 0. The van der Waals surface area contributed by atoms with Crippen molar-refractivity contribution in [2.45, 2.75) is 31.8 Å². The molecule has 0 saturated carbocycles. The van der Waals surface area contributed by atoms with E-state index in [2.05, 4.69) is 29.2 Å². The average Bonchev–Trinajstić information content (AvgIpc) is 2.25. The zero-order chi connectivity index (χ0) is 8.48. The summed E-state index contributed by atoms with van der Waals surface area (Å²) in [6, 6.07) is 0. The minimum absolute atomic E-state index is 0.0573. The highest BCUT2D eigenvalue weighted by atomic mass is 127. The first kappa shape index (κ1) is 9.48. The van der Waals surface area contributed by atoms with Gasteiger partial charge in [0, 0.05) is 4.43 Å². The van der Waals surface area contributed by atoms with Crippen LogP contribution in [0.1, 0.15) is 13.8 Å². The van der Waals surface area contributed by atoms with Gasteiger partial charge in [-0.2, -0.15) is 0 Å². The highest BCUT2D eigenvalue weighted by Crippen LogP contribution is 2.29. The Labute approximate surface area is 81.1 Å². The molecule has 1 fully saturated rings. The summed E-state index contributed by atoms with van der Waals surface area (Å²) in [6.07, 6.45) is 2.03. The Morgan fingerprint density at radius 1 is 1.55 bits per heavy atom. The minimum atomic E-state index is -0.436. The number of ether oxygens (including phenoxy) is 2. The first-order valence-electron chi connectivity index (χ1n) is 3.63. The Balaban J connectivity index is 2.62. The Morgan fingerprint density at radius 2 is 2.18 bits per heavy atom. The van der Waals surface area contributed by atoms with E-state index in [1.807, 2.05) is 13.8 Å². The van der Waals surface area contributed by atoms with Gasteiger partial charge in [-0.25, -0.2) is 0 Å². The molecular formula is C8H13IO2. The lowest BCUT2D eigenvalue weighted by Gasteiger charge is -2.15. The molecule has 1 heterocycles. The van der Waals surface area contributed by atoms with Gasteiger partial charge in [0.25, 0.3) is 0 Å². The van der Waals surface area contributed by atoms with Crippen LogP contribution < -0.4 is 0 Å². The summed E-state index contributed by atoms with van der Waals surface area (Å²) in [5, 5.41) is 0. The van der Waals surface area contributed by atoms with Crippen LogP contribution in [-0.2, 0) is 9.47 Å². The van der Waals surface area contributed by atoms with E-state index in [0.29, 0.717) is 0 Å². The second-order valence-electron chi connectivity index (χ2n) is 3.03. The molecule has 1 aliphatic heterocycles. The number of halogens is 1. The van der Waals surface area contributed by atoms with Gasteiger partial charge in [-0.05, 0) is 13.8 Å². The monoisotopic (exact) mass is 268 g/mol. The van der Waals surface area contributed by atoms with Crippen molar-refractivity contribution in [3.63, 3.8) is 0 Å². The van der Waals surface area contributed by atoms with E-state index in [0.717, 1.165) is 4.43 Å². The van der Waals surface area contributed by atoms with Gasteiger partial charge in [-0.15, -0.1) is 6.58 Å². The molecule has 0 radical (unpaired) electrons. The van der Waals surface area contributed by atoms with Crippen molar-refractivity contribution >= 4 is 22.6 Å². The largest absolute Gasteiger partial charge is 0.343 e. The third kappa shape index (κ3) is 2.16. The Morgan fingerprint density at radius 3 is 2.55 bits per heavy atom. The lowest BCUT2D eigenvalue weighted by atomic mass is 10.2. The molecule has 0 aromatic heterocycles. The smallest absolute Gasteiger partial charge is 0.164 e. The standard InChI is InChI=1S/C8H13IO2/c1-4-6-7(5-9)11-8(2,3)10-6/h4,6-7H,1,5H2,2-3H3/t6-,7+/m1/s1. The zero-order valence-corrected chi connectivity index (χ0v) is 9.00. The summed E-state index contributed by atoms with van der Waals surface area (Å²) >= 11 is 2.29. The highest BCUT2D eigenvalue weighted by Gasteiger charge is 2.38. The predicted molar refractivity (Wildman–Crippen MR) is 52.9 cm³/mol. The van der Waals surface area contributed by atoms with Gasteiger partial charge in [0.1, 0.15) is 6.10 Å². The maximum Gasteiger partial charge on any atom is 0.164 e. The van der Waals surface area contributed by atoms with Crippen molar-refractivity contribution in [1.29, 1.82) is 0 Å².